The Morgan fingerprint density at radius 1 is 1.23 bits per heavy atom. The maximum atomic E-state index is 12.2. The molecule has 2 rings (SSSR count). The van der Waals surface area contributed by atoms with E-state index in [2.05, 4.69) is 17.6 Å². The molecule has 2 amide bonds. The van der Waals surface area contributed by atoms with Gasteiger partial charge in [-0.2, -0.15) is 0 Å². The molecule has 2 fully saturated rings. The van der Waals surface area contributed by atoms with Crippen LogP contribution in [0.4, 0.5) is 0 Å². The minimum absolute atomic E-state index is 0.00429. The molecule has 0 bridgehead atoms. The van der Waals surface area contributed by atoms with Crippen LogP contribution < -0.4 is 10.6 Å². The van der Waals surface area contributed by atoms with E-state index in [4.69, 9.17) is 0 Å². The molecule has 22 heavy (non-hydrogen) atoms. The van der Waals surface area contributed by atoms with Crippen LogP contribution in [0.25, 0.3) is 0 Å². The largest absolute Gasteiger partial charge is 0.354 e. The zero-order valence-electron chi connectivity index (χ0n) is 13.9. The van der Waals surface area contributed by atoms with Gasteiger partial charge in [0.25, 0.3) is 0 Å². The first-order valence-corrected chi connectivity index (χ1v) is 8.99. The van der Waals surface area contributed by atoms with Gasteiger partial charge in [-0.05, 0) is 44.6 Å². The van der Waals surface area contributed by atoms with Crippen LogP contribution in [0.3, 0.4) is 0 Å². The molecule has 2 aliphatic rings. The number of piperidine rings is 1. The average molecular weight is 309 g/mol. The average Bonchev–Trinajstić information content (AvgIpc) is 3.07. The number of amides is 2. The van der Waals surface area contributed by atoms with Crippen LogP contribution in [0.2, 0.25) is 0 Å². The van der Waals surface area contributed by atoms with Crippen molar-refractivity contribution in [3.63, 3.8) is 0 Å². The molecule has 0 aromatic heterocycles. The number of nitrogens with one attached hydrogen (secondary N) is 2. The lowest BCUT2D eigenvalue weighted by Crippen LogP contribution is -2.46. The number of likely N-dealkylation sites (tertiary alicyclic amines) is 1. The van der Waals surface area contributed by atoms with Crippen LogP contribution in [-0.2, 0) is 9.59 Å². The molecule has 2 heterocycles. The fourth-order valence-corrected chi connectivity index (χ4v) is 3.42. The molecule has 0 saturated carbocycles. The van der Waals surface area contributed by atoms with Gasteiger partial charge in [0.1, 0.15) is 0 Å². The predicted octanol–water partition coefficient (Wildman–Crippen LogP) is 1.67. The Balaban J connectivity index is 1.68. The summed E-state index contributed by atoms with van der Waals surface area (Å²) in [6, 6.07) is -0.00429. The van der Waals surface area contributed by atoms with Crippen molar-refractivity contribution in [3.8, 4) is 0 Å². The van der Waals surface area contributed by atoms with Gasteiger partial charge in [0.15, 0.2) is 0 Å². The molecule has 0 aliphatic carbocycles. The van der Waals surface area contributed by atoms with Crippen LogP contribution in [0.5, 0.6) is 0 Å². The molecule has 5 heteroatoms. The second kappa shape index (κ2) is 9.13. The number of nitrogens with zero attached hydrogens (tertiary/aromatic N) is 1. The Kier molecular flexibility index (Phi) is 7.16. The second-order valence-corrected chi connectivity index (χ2v) is 6.70. The summed E-state index contributed by atoms with van der Waals surface area (Å²) in [5, 5.41) is 6.29. The third-order valence-electron chi connectivity index (χ3n) is 4.81. The van der Waals surface area contributed by atoms with E-state index in [0.29, 0.717) is 24.8 Å². The summed E-state index contributed by atoms with van der Waals surface area (Å²) >= 11 is 0. The van der Waals surface area contributed by atoms with E-state index in [9.17, 15) is 9.59 Å². The van der Waals surface area contributed by atoms with Crippen molar-refractivity contribution in [3.05, 3.63) is 0 Å². The zero-order valence-corrected chi connectivity index (χ0v) is 13.9. The number of hydrogen-bond acceptors (Lipinski definition) is 3. The Labute approximate surface area is 134 Å². The molecule has 2 aliphatic heterocycles. The summed E-state index contributed by atoms with van der Waals surface area (Å²) in [5.41, 5.74) is 0. The molecular formula is C17H31N3O2. The molecule has 0 aromatic carbocycles. The number of rotatable bonds is 7. The molecule has 0 spiro atoms. The monoisotopic (exact) mass is 309 g/mol. The van der Waals surface area contributed by atoms with Crippen LogP contribution in [0, 0.1) is 5.92 Å². The summed E-state index contributed by atoms with van der Waals surface area (Å²) in [4.78, 5) is 26.2. The van der Waals surface area contributed by atoms with Gasteiger partial charge in [-0.1, -0.05) is 19.8 Å². The first kappa shape index (κ1) is 17.3. The maximum Gasteiger partial charge on any atom is 0.237 e. The van der Waals surface area contributed by atoms with Crippen LogP contribution in [0.1, 0.15) is 58.3 Å². The van der Waals surface area contributed by atoms with E-state index in [1.165, 1.54) is 0 Å². The Morgan fingerprint density at radius 3 is 2.82 bits per heavy atom. The van der Waals surface area contributed by atoms with E-state index in [1.807, 2.05) is 4.90 Å². The van der Waals surface area contributed by atoms with Crippen molar-refractivity contribution in [2.45, 2.75) is 64.3 Å². The number of carbonyl (C=O) groups excluding carboxylic acids is 2. The van der Waals surface area contributed by atoms with Gasteiger partial charge in [0.05, 0.1) is 6.04 Å². The highest BCUT2D eigenvalue weighted by atomic mass is 16.2. The molecule has 2 saturated heterocycles. The van der Waals surface area contributed by atoms with Crippen LogP contribution in [-0.4, -0.2) is 48.9 Å². The smallest absolute Gasteiger partial charge is 0.237 e. The van der Waals surface area contributed by atoms with Gasteiger partial charge in [-0.25, -0.2) is 0 Å². The molecule has 2 unspecified atom stereocenters. The first-order chi connectivity index (χ1) is 10.7. The fraction of sp³-hybridized carbons (Fsp3) is 0.882. The zero-order chi connectivity index (χ0) is 15.8. The summed E-state index contributed by atoms with van der Waals surface area (Å²) < 4.78 is 0. The van der Waals surface area contributed by atoms with Crippen LogP contribution >= 0.6 is 0 Å². The molecule has 5 nitrogen and oxygen atoms in total. The van der Waals surface area contributed by atoms with Gasteiger partial charge >= 0.3 is 0 Å². The quantitative estimate of drug-likeness (QED) is 0.703. The number of hydrogen-bond donors (Lipinski definition) is 2. The Morgan fingerprint density at radius 2 is 2.09 bits per heavy atom. The molecular weight excluding hydrogens is 278 g/mol. The highest BCUT2D eigenvalue weighted by molar-refractivity contribution is 5.82. The molecule has 0 aromatic rings. The van der Waals surface area contributed by atoms with E-state index in [1.54, 1.807) is 0 Å². The minimum Gasteiger partial charge on any atom is -0.354 e. The van der Waals surface area contributed by atoms with Crippen molar-refractivity contribution in [2.75, 3.05) is 26.2 Å². The Hall–Kier alpha value is -1.10. The predicted molar refractivity (Wildman–Crippen MR) is 87.5 cm³/mol. The minimum atomic E-state index is -0.00429. The summed E-state index contributed by atoms with van der Waals surface area (Å²) in [7, 11) is 0. The van der Waals surface area contributed by atoms with E-state index in [-0.39, 0.29) is 11.9 Å². The molecule has 126 valence electrons. The third-order valence-corrected chi connectivity index (χ3v) is 4.81. The lowest BCUT2D eigenvalue weighted by atomic mass is 9.97. The summed E-state index contributed by atoms with van der Waals surface area (Å²) in [5.74, 6) is 0.833. The molecule has 0 radical (unpaired) electrons. The first-order valence-electron chi connectivity index (χ1n) is 8.99. The highest BCUT2D eigenvalue weighted by Gasteiger charge is 2.26. The van der Waals surface area contributed by atoms with Crippen molar-refractivity contribution >= 4 is 11.8 Å². The van der Waals surface area contributed by atoms with Gasteiger partial charge in [-0.15, -0.1) is 0 Å². The summed E-state index contributed by atoms with van der Waals surface area (Å²) in [6.07, 6.45) is 8.16. The normalized spacial score (nSPS) is 25.2. The van der Waals surface area contributed by atoms with Gasteiger partial charge in [0.2, 0.25) is 11.8 Å². The topological polar surface area (TPSA) is 61.4 Å². The number of unbranched alkanes of at least 4 members (excludes halogenated alkanes) is 2. The standard InChI is InChI=1S/C17H31N3O2/c1-2-3-4-9-16(21)20-11-6-7-14(13-20)12-19-17(22)15-8-5-10-18-15/h14-15,18H,2-13H2,1H3,(H,19,22). The second-order valence-electron chi connectivity index (χ2n) is 6.70. The maximum absolute atomic E-state index is 12.2. The lowest BCUT2D eigenvalue weighted by molar-refractivity contribution is -0.133. The highest BCUT2D eigenvalue weighted by Crippen LogP contribution is 2.17. The SMILES string of the molecule is CCCCCC(=O)N1CCCC(CNC(=O)C2CCCN2)C1. The van der Waals surface area contributed by atoms with Gasteiger partial charge in [0, 0.05) is 26.1 Å². The van der Waals surface area contributed by atoms with E-state index in [0.717, 1.165) is 64.6 Å². The van der Waals surface area contributed by atoms with Gasteiger partial charge < -0.3 is 15.5 Å². The van der Waals surface area contributed by atoms with Gasteiger partial charge in [-0.3, -0.25) is 9.59 Å². The Bertz CT molecular complexity index is 367. The lowest BCUT2D eigenvalue weighted by Gasteiger charge is -2.33. The van der Waals surface area contributed by atoms with Crippen molar-refractivity contribution in [1.82, 2.24) is 15.5 Å². The fourth-order valence-electron chi connectivity index (χ4n) is 3.42. The van der Waals surface area contributed by atoms with Crippen molar-refractivity contribution in [1.29, 1.82) is 0 Å². The van der Waals surface area contributed by atoms with Crippen molar-refractivity contribution in [2.24, 2.45) is 5.92 Å². The van der Waals surface area contributed by atoms with Crippen LogP contribution in [0.15, 0.2) is 0 Å². The summed E-state index contributed by atoms with van der Waals surface area (Å²) in [6.45, 7) is 5.50. The van der Waals surface area contributed by atoms with Crippen molar-refractivity contribution < 1.29 is 9.59 Å². The molecule has 2 N–H and O–H groups in total. The molecule has 2 atom stereocenters. The van der Waals surface area contributed by atoms with E-state index >= 15 is 0 Å². The third kappa shape index (κ3) is 5.27. The number of carbonyl (C=O) groups is 2. The van der Waals surface area contributed by atoms with E-state index < -0.39 is 0 Å².